The van der Waals surface area contributed by atoms with Crippen molar-refractivity contribution in [2.75, 3.05) is 32.9 Å². The summed E-state index contributed by atoms with van der Waals surface area (Å²) < 4.78 is 11.1. The largest absolute Gasteiger partial charge is 0.508 e. The molecule has 8 nitrogen and oxygen atoms in total. The number of nitrogens with zero attached hydrogens (tertiary/aromatic N) is 2. The zero-order chi connectivity index (χ0) is 24.8. The van der Waals surface area contributed by atoms with Crippen LogP contribution in [0.3, 0.4) is 0 Å². The van der Waals surface area contributed by atoms with Crippen molar-refractivity contribution in [2.45, 2.75) is 45.0 Å². The molecule has 10 heteroatoms. The average Bonchev–Trinajstić information content (AvgIpc) is 2.83. The average molecular weight is 515 g/mol. The Bertz CT molecular complexity index is 866. The van der Waals surface area contributed by atoms with Crippen molar-refractivity contribution in [2.24, 2.45) is 5.29 Å². The molecule has 0 aliphatic rings. The Morgan fingerprint density at radius 3 is 2.38 bits per heavy atom. The lowest BCUT2D eigenvalue weighted by Gasteiger charge is -2.20. The fraction of sp³-hybridized carbons (Fsp3) is 0.500. The predicted molar refractivity (Wildman–Crippen MR) is 132 cm³/mol. The van der Waals surface area contributed by atoms with Gasteiger partial charge in [-0.05, 0) is 42.7 Å². The van der Waals surface area contributed by atoms with Crippen molar-refractivity contribution in [3.05, 3.63) is 68.0 Å². The number of rotatable bonds is 17. The monoisotopic (exact) mass is 514 g/mol. The Morgan fingerprint density at radius 2 is 1.68 bits per heavy atom. The molecule has 0 bridgehead atoms. The maximum atomic E-state index is 11.1. The van der Waals surface area contributed by atoms with Crippen molar-refractivity contribution < 1.29 is 24.8 Å². The lowest BCUT2D eigenvalue weighted by atomic mass is 10.1. The van der Waals surface area contributed by atoms with Crippen molar-refractivity contribution in [1.29, 1.82) is 0 Å². The van der Waals surface area contributed by atoms with Gasteiger partial charge in [-0.1, -0.05) is 48.2 Å². The van der Waals surface area contributed by atoms with E-state index in [4.69, 9.17) is 32.7 Å². The van der Waals surface area contributed by atoms with Crippen LogP contribution < -0.4 is 0 Å². The molecule has 0 heterocycles. The first-order valence-corrected chi connectivity index (χ1v) is 12.0. The van der Waals surface area contributed by atoms with E-state index in [9.17, 15) is 20.2 Å². The summed E-state index contributed by atoms with van der Waals surface area (Å²) in [5.74, 6) is -0.0395. The van der Waals surface area contributed by atoms with Gasteiger partial charge in [0.05, 0.1) is 44.4 Å². The summed E-state index contributed by atoms with van der Waals surface area (Å²) in [6, 6.07) is 9.82. The van der Waals surface area contributed by atoms with Crippen molar-refractivity contribution >= 4 is 23.2 Å². The number of benzene rings is 2. The zero-order valence-corrected chi connectivity index (χ0v) is 20.5. The van der Waals surface area contributed by atoms with Gasteiger partial charge in [-0.2, -0.15) is 0 Å². The van der Waals surface area contributed by atoms with Gasteiger partial charge < -0.3 is 24.8 Å². The summed E-state index contributed by atoms with van der Waals surface area (Å²) in [7, 11) is 0. The van der Waals surface area contributed by atoms with E-state index < -0.39 is 6.10 Å². The van der Waals surface area contributed by atoms with Gasteiger partial charge >= 0.3 is 0 Å². The molecule has 34 heavy (non-hydrogen) atoms. The molecule has 3 N–H and O–H groups in total. The molecule has 2 aromatic rings. The number of hydrogen-bond donors (Lipinski definition) is 3. The summed E-state index contributed by atoms with van der Waals surface area (Å²) in [6.45, 7) is 2.04. The molecule has 0 spiro atoms. The third-order valence-electron chi connectivity index (χ3n) is 5.29. The fourth-order valence-electron chi connectivity index (χ4n) is 3.33. The molecule has 0 saturated carbocycles. The third-order valence-corrected chi connectivity index (χ3v) is 6.00. The SMILES string of the molecule is O=NN(CCCCCCOCCOCc1c(Cl)cccc1Cl)C[C@H](O)c1ccc(O)c(CO)c1. The van der Waals surface area contributed by atoms with Crippen LogP contribution in [0, 0.1) is 4.91 Å². The van der Waals surface area contributed by atoms with Crippen LogP contribution >= 0.6 is 23.2 Å². The van der Waals surface area contributed by atoms with E-state index in [1.807, 2.05) is 0 Å². The Balaban J connectivity index is 1.52. The summed E-state index contributed by atoms with van der Waals surface area (Å²) in [5.41, 5.74) is 1.60. The van der Waals surface area contributed by atoms with E-state index in [1.165, 1.54) is 17.1 Å². The fourth-order valence-corrected chi connectivity index (χ4v) is 3.83. The number of unbranched alkanes of at least 4 members (excludes halogenated alkanes) is 3. The van der Waals surface area contributed by atoms with E-state index in [1.54, 1.807) is 24.3 Å². The van der Waals surface area contributed by atoms with Crippen LogP contribution in [0.2, 0.25) is 10.0 Å². The molecular formula is C24H32Cl2N2O6. The van der Waals surface area contributed by atoms with Gasteiger partial charge in [0.25, 0.3) is 0 Å². The highest BCUT2D eigenvalue weighted by atomic mass is 35.5. The van der Waals surface area contributed by atoms with Crippen LogP contribution in [-0.4, -0.2) is 53.2 Å². The van der Waals surface area contributed by atoms with Crippen molar-refractivity contribution in [3.63, 3.8) is 0 Å². The van der Waals surface area contributed by atoms with Crippen LogP contribution in [-0.2, 0) is 22.7 Å². The van der Waals surface area contributed by atoms with Crippen LogP contribution in [0.1, 0.15) is 48.5 Å². The Morgan fingerprint density at radius 1 is 0.971 bits per heavy atom. The number of hydrogen-bond acceptors (Lipinski definition) is 7. The minimum absolute atomic E-state index is 0.0395. The second-order valence-corrected chi connectivity index (χ2v) is 8.65. The number of aliphatic hydroxyl groups is 2. The molecule has 0 aliphatic carbocycles. The lowest BCUT2D eigenvalue weighted by molar-refractivity contribution is 0.0392. The lowest BCUT2D eigenvalue weighted by Crippen LogP contribution is -2.24. The highest BCUT2D eigenvalue weighted by molar-refractivity contribution is 6.35. The van der Waals surface area contributed by atoms with Gasteiger partial charge in [0, 0.05) is 34.3 Å². The number of aliphatic hydroxyl groups excluding tert-OH is 2. The van der Waals surface area contributed by atoms with Gasteiger partial charge in [-0.15, -0.1) is 4.91 Å². The predicted octanol–water partition coefficient (Wildman–Crippen LogP) is 5.00. The first kappa shape index (κ1) is 28.3. The normalized spacial score (nSPS) is 12.0. The molecule has 0 unspecified atom stereocenters. The smallest absolute Gasteiger partial charge is 0.121 e. The quantitative estimate of drug-likeness (QED) is 0.154. The first-order chi connectivity index (χ1) is 16.5. The topological polar surface area (TPSA) is 112 Å². The number of phenols is 1. The molecule has 0 radical (unpaired) electrons. The number of nitroso groups, excluding NO2 is 1. The van der Waals surface area contributed by atoms with Gasteiger partial charge in [0.2, 0.25) is 0 Å². The molecule has 2 aromatic carbocycles. The molecule has 1 atom stereocenters. The molecule has 0 aromatic heterocycles. The standard InChI is InChI=1S/C24H32Cl2N2O6/c25-21-6-5-7-22(26)20(21)17-34-13-12-33-11-4-2-1-3-10-28(27-32)15-24(31)18-8-9-23(30)19(14-18)16-29/h5-9,14,24,29-31H,1-4,10-13,15-17H2/t24-/m0/s1. The van der Waals surface area contributed by atoms with E-state index in [-0.39, 0.29) is 18.9 Å². The molecule has 188 valence electrons. The number of aromatic hydroxyl groups is 1. The van der Waals surface area contributed by atoms with Crippen LogP contribution in [0.4, 0.5) is 0 Å². The second kappa shape index (κ2) is 15.9. The summed E-state index contributed by atoms with van der Waals surface area (Å²) in [6.07, 6.45) is 2.56. The second-order valence-electron chi connectivity index (χ2n) is 7.84. The van der Waals surface area contributed by atoms with Crippen LogP contribution in [0.15, 0.2) is 41.7 Å². The molecule has 2 rings (SSSR count). The van der Waals surface area contributed by atoms with E-state index >= 15 is 0 Å². The molecule has 0 amide bonds. The van der Waals surface area contributed by atoms with E-state index in [0.29, 0.717) is 54.1 Å². The minimum atomic E-state index is -0.951. The van der Waals surface area contributed by atoms with Gasteiger partial charge in [-0.3, -0.25) is 5.01 Å². The molecular weight excluding hydrogens is 483 g/mol. The minimum Gasteiger partial charge on any atom is -0.508 e. The zero-order valence-electron chi connectivity index (χ0n) is 19.0. The summed E-state index contributed by atoms with van der Waals surface area (Å²) in [4.78, 5) is 11.1. The van der Waals surface area contributed by atoms with Gasteiger partial charge in [0.1, 0.15) is 5.75 Å². The summed E-state index contributed by atoms with van der Waals surface area (Å²) in [5, 5.41) is 34.6. The Labute approximate surface area is 210 Å². The van der Waals surface area contributed by atoms with Crippen LogP contribution in [0.5, 0.6) is 5.75 Å². The van der Waals surface area contributed by atoms with Gasteiger partial charge in [-0.25, -0.2) is 0 Å². The Kier molecular flexibility index (Phi) is 13.2. The molecule has 0 saturated heterocycles. The molecule has 0 aliphatic heterocycles. The van der Waals surface area contributed by atoms with E-state index in [0.717, 1.165) is 31.2 Å². The summed E-state index contributed by atoms with van der Waals surface area (Å²) >= 11 is 12.2. The van der Waals surface area contributed by atoms with Crippen LogP contribution in [0.25, 0.3) is 0 Å². The first-order valence-electron chi connectivity index (χ1n) is 11.2. The van der Waals surface area contributed by atoms with Crippen molar-refractivity contribution in [1.82, 2.24) is 5.01 Å². The number of ether oxygens (including phenoxy) is 2. The third kappa shape index (κ3) is 9.74. The highest BCUT2D eigenvalue weighted by Gasteiger charge is 2.15. The highest BCUT2D eigenvalue weighted by Crippen LogP contribution is 2.25. The van der Waals surface area contributed by atoms with E-state index in [2.05, 4.69) is 5.29 Å². The van der Waals surface area contributed by atoms with Gasteiger partial charge in [0.15, 0.2) is 0 Å². The maximum absolute atomic E-state index is 11.1. The maximum Gasteiger partial charge on any atom is 0.121 e. The number of halogens is 2. The molecule has 0 fully saturated rings. The van der Waals surface area contributed by atoms with Crippen molar-refractivity contribution in [3.8, 4) is 5.75 Å². The Hall–Kier alpha value is -1.94.